The van der Waals surface area contributed by atoms with Gasteiger partial charge in [-0.3, -0.25) is 4.72 Å². The van der Waals surface area contributed by atoms with E-state index in [4.69, 9.17) is 23.2 Å². The zero-order chi connectivity index (χ0) is 15.0. The van der Waals surface area contributed by atoms with Crippen LogP contribution in [0.4, 0.5) is 5.82 Å². The predicted molar refractivity (Wildman–Crippen MR) is 81.3 cm³/mol. The first-order valence-corrected chi connectivity index (χ1v) is 8.52. The molecule has 0 amide bonds. The molecule has 0 unspecified atom stereocenters. The second-order valence-corrected chi connectivity index (χ2v) is 7.14. The van der Waals surface area contributed by atoms with Gasteiger partial charge in [-0.25, -0.2) is 18.4 Å². The molecule has 1 N–H and O–H groups in total. The second-order valence-electron chi connectivity index (χ2n) is 4.72. The summed E-state index contributed by atoms with van der Waals surface area (Å²) in [4.78, 5) is 7.67. The number of sulfonamides is 1. The average Bonchev–Trinajstić information content (AvgIpc) is 2.91. The molecule has 110 valence electrons. The largest absolute Gasteiger partial charge is 0.263 e. The minimum Gasteiger partial charge on any atom is -0.262 e. The highest BCUT2D eigenvalue weighted by molar-refractivity contribution is 7.92. The van der Waals surface area contributed by atoms with Crippen LogP contribution in [0.15, 0.2) is 29.4 Å². The van der Waals surface area contributed by atoms with Gasteiger partial charge in [0.2, 0.25) is 0 Å². The van der Waals surface area contributed by atoms with Crippen LogP contribution in [0.3, 0.4) is 0 Å². The first-order chi connectivity index (χ1) is 9.97. The van der Waals surface area contributed by atoms with Crippen LogP contribution >= 0.6 is 23.2 Å². The first-order valence-electron chi connectivity index (χ1n) is 6.28. The van der Waals surface area contributed by atoms with E-state index in [0.29, 0.717) is 0 Å². The second kappa shape index (κ2) is 5.44. The normalized spacial score (nSPS) is 14.0. The summed E-state index contributed by atoms with van der Waals surface area (Å²) in [6.07, 6.45) is 4.10. The quantitative estimate of drug-likeness (QED) is 0.869. The van der Waals surface area contributed by atoms with E-state index in [0.717, 1.165) is 31.2 Å². The Hall–Kier alpha value is -1.37. The van der Waals surface area contributed by atoms with Crippen LogP contribution in [-0.2, 0) is 22.9 Å². The third-order valence-electron chi connectivity index (χ3n) is 3.36. The standard InChI is InChI=1S/C13H11Cl2N3O2S/c14-11-12(15)16-7-17-13(11)18-21(19,20)10-5-4-8-2-1-3-9(8)6-10/h4-7H,1-3H2,(H,16,17,18). The van der Waals surface area contributed by atoms with E-state index < -0.39 is 10.0 Å². The summed E-state index contributed by atoms with van der Waals surface area (Å²) in [5, 5.41) is -0.0257. The number of anilines is 1. The van der Waals surface area contributed by atoms with Crippen LogP contribution in [-0.4, -0.2) is 18.4 Å². The molecule has 0 saturated heterocycles. The number of aryl methyl sites for hydroxylation is 2. The third-order valence-corrected chi connectivity index (χ3v) is 5.44. The maximum absolute atomic E-state index is 12.4. The van der Waals surface area contributed by atoms with Crippen molar-refractivity contribution in [2.45, 2.75) is 24.2 Å². The fourth-order valence-electron chi connectivity index (χ4n) is 2.32. The number of benzene rings is 1. The molecule has 2 aromatic rings. The highest BCUT2D eigenvalue weighted by Crippen LogP contribution is 2.29. The van der Waals surface area contributed by atoms with E-state index in [2.05, 4.69) is 14.7 Å². The van der Waals surface area contributed by atoms with Crippen molar-refractivity contribution in [3.63, 3.8) is 0 Å². The molecule has 0 atom stereocenters. The molecular formula is C13H11Cl2N3O2S. The molecule has 1 heterocycles. The van der Waals surface area contributed by atoms with Crippen molar-refractivity contribution in [1.82, 2.24) is 9.97 Å². The summed E-state index contributed by atoms with van der Waals surface area (Å²) >= 11 is 11.6. The van der Waals surface area contributed by atoms with Crippen LogP contribution in [0.2, 0.25) is 10.2 Å². The lowest BCUT2D eigenvalue weighted by atomic mass is 10.1. The van der Waals surface area contributed by atoms with Crippen LogP contribution in [0.1, 0.15) is 17.5 Å². The SMILES string of the molecule is O=S(=O)(Nc1ncnc(Cl)c1Cl)c1ccc2c(c1)CCC2. The fraction of sp³-hybridized carbons (Fsp3) is 0.231. The minimum atomic E-state index is -3.76. The van der Waals surface area contributed by atoms with Crippen molar-refractivity contribution in [2.24, 2.45) is 0 Å². The molecule has 0 saturated carbocycles. The Balaban J connectivity index is 1.96. The Morgan fingerprint density at radius 3 is 2.67 bits per heavy atom. The van der Waals surface area contributed by atoms with Crippen LogP contribution < -0.4 is 4.72 Å². The Kier molecular flexibility index (Phi) is 3.77. The highest BCUT2D eigenvalue weighted by atomic mass is 35.5. The van der Waals surface area contributed by atoms with Gasteiger partial charge in [-0.1, -0.05) is 29.3 Å². The number of fused-ring (bicyclic) bond motifs is 1. The monoisotopic (exact) mass is 343 g/mol. The van der Waals surface area contributed by atoms with E-state index in [1.54, 1.807) is 12.1 Å². The van der Waals surface area contributed by atoms with Crippen molar-refractivity contribution >= 4 is 39.0 Å². The number of hydrogen-bond acceptors (Lipinski definition) is 4. The van der Waals surface area contributed by atoms with Gasteiger partial charge in [0.05, 0.1) is 4.90 Å². The molecule has 1 aliphatic rings. The molecule has 0 aliphatic heterocycles. The molecule has 0 bridgehead atoms. The van der Waals surface area contributed by atoms with Crippen LogP contribution in [0, 0.1) is 0 Å². The van der Waals surface area contributed by atoms with Crippen molar-refractivity contribution in [2.75, 3.05) is 4.72 Å². The lowest BCUT2D eigenvalue weighted by Crippen LogP contribution is -2.15. The molecule has 1 aliphatic carbocycles. The lowest BCUT2D eigenvalue weighted by Gasteiger charge is -2.10. The van der Waals surface area contributed by atoms with E-state index in [1.165, 1.54) is 5.56 Å². The van der Waals surface area contributed by atoms with E-state index in [1.807, 2.05) is 6.07 Å². The summed E-state index contributed by atoms with van der Waals surface area (Å²) in [6, 6.07) is 5.13. The number of rotatable bonds is 3. The molecule has 1 aromatic heterocycles. The van der Waals surface area contributed by atoms with Crippen molar-refractivity contribution < 1.29 is 8.42 Å². The summed E-state index contributed by atoms with van der Waals surface area (Å²) in [5.74, 6) is -0.0304. The summed E-state index contributed by atoms with van der Waals surface area (Å²) in [5.41, 5.74) is 2.28. The van der Waals surface area contributed by atoms with Gasteiger partial charge in [-0.2, -0.15) is 0 Å². The number of nitrogens with one attached hydrogen (secondary N) is 1. The van der Waals surface area contributed by atoms with Crippen molar-refractivity contribution in [3.8, 4) is 0 Å². The Bertz CT molecular complexity index is 809. The first kappa shape index (κ1) is 14.6. The summed E-state index contributed by atoms with van der Waals surface area (Å²) in [6.45, 7) is 0. The average molecular weight is 344 g/mol. The van der Waals surface area contributed by atoms with Gasteiger partial charge in [0.25, 0.3) is 10.0 Å². The molecule has 8 heteroatoms. The Morgan fingerprint density at radius 1 is 1.10 bits per heavy atom. The predicted octanol–water partition coefficient (Wildman–Crippen LogP) is 3.07. The minimum absolute atomic E-state index is 0.00156. The number of halogens is 2. The van der Waals surface area contributed by atoms with E-state index in [9.17, 15) is 8.42 Å². The molecule has 3 rings (SSSR count). The molecule has 0 spiro atoms. The Morgan fingerprint density at radius 2 is 1.86 bits per heavy atom. The van der Waals surface area contributed by atoms with Gasteiger partial charge in [0.1, 0.15) is 11.3 Å². The summed E-state index contributed by atoms with van der Waals surface area (Å²) in [7, 11) is -3.76. The zero-order valence-corrected chi connectivity index (χ0v) is 13.1. The lowest BCUT2D eigenvalue weighted by molar-refractivity contribution is 0.601. The van der Waals surface area contributed by atoms with Crippen LogP contribution in [0.5, 0.6) is 0 Å². The fourth-order valence-corrected chi connectivity index (χ4v) is 3.73. The van der Waals surface area contributed by atoms with Crippen molar-refractivity contribution in [1.29, 1.82) is 0 Å². The number of hydrogen-bond donors (Lipinski definition) is 1. The third kappa shape index (κ3) is 2.84. The van der Waals surface area contributed by atoms with Crippen LogP contribution in [0.25, 0.3) is 0 Å². The molecule has 1 aromatic carbocycles. The zero-order valence-electron chi connectivity index (χ0n) is 10.8. The van der Waals surface area contributed by atoms with Gasteiger partial charge < -0.3 is 0 Å². The smallest absolute Gasteiger partial charge is 0.262 e. The number of nitrogens with zero attached hydrogens (tertiary/aromatic N) is 2. The molecule has 5 nitrogen and oxygen atoms in total. The molecule has 0 radical (unpaired) electrons. The summed E-state index contributed by atoms with van der Waals surface area (Å²) < 4.78 is 27.1. The number of aromatic nitrogens is 2. The molecule has 21 heavy (non-hydrogen) atoms. The van der Waals surface area contributed by atoms with Gasteiger partial charge in [-0.05, 0) is 42.5 Å². The Labute approximate surface area is 132 Å². The molecule has 0 fully saturated rings. The molecular weight excluding hydrogens is 333 g/mol. The highest BCUT2D eigenvalue weighted by Gasteiger charge is 2.20. The maximum atomic E-state index is 12.4. The van der Waals surface area contributed by atoms with Gasteiger partial charge in [-0.15, -0.1) is 0 Å². The van der Waals surface area contributed by atoms with E-state index in [-0.39, 0.29) is 20.9 Å². The van der Waals surface area contributed by atoms with Gasteiger partial charge in [0, 0.05) is 0 Å². The topological polar surface area (TPSA) is 72.0 Å². The van der Waals surface area contributed by atoms with Gasteiger partial charge >= 0.3 is 0 Å². The van der Waals surface area contributed by atoms with Gasteiger partial charge in [0.15, 0.2) is 11.0 Å². The van der Waals surface area contributed by atoms with E-state index >= 15 is 0 Å². The maximum Gasteiger partial charge on any atom is 0.263 e. The van der Waals surface area contributed by atoms with Crippen molar-refractivity contribution in [3.05, 3.63) is 45.8 Å².